The van der Waals surface area contributed by atoms with Crippen LogP contribution in [-0.4, -0.2) is 15.9 Å². The molecule has 5 rings (SSSR count). The molecule has 4 nitrogen and oxygen atoms in total. The Hall–Kier alpha value is -3.57. The highest BCUT2D eigenvalue weighted by Gasteiger charge is 2.24. The molecule has 31 heavy (non-hydrogen) atoms. The lowest BCUT2D eigenvalue weighted by atomic mass is 10.0. The number of carbonyl (C=O) groups excluding carboxylic acids is 1. The molecule has 0 unspecified atom stereocenters. The fourth-order valence-corrected chi connectivity index (χ4v) is 4.91. The minimum absolute atomic E-state index is 0.0724. The summed E-state index contributed by atoms with van der Waals surface area (Å²) in [6, 6.07) is 23.8. The van der Waals surface area contributed by atoms with Gasteiger partial charge in [-0.15, -0.1) is 0 Å². The van der Waals surface area contributed by atoms with E-state index in [4.69, 9.17) is 4.98 Å². The van der Waals surface area contributed by atoms with E-state index < -0.39 is 0 Å². The average molecular weight is 424 g/mol. The van der Waals surface area contributed by atoms with Gasteiger partial charge in [0.25, 0.3) is 5.91 Å². The Bertz CT molecular complexity index is 1360. The Morgan fingerprint density at radius 3 is 2.48 bits per heavy atom. The van der Waals surface area contributed by atoms with Crippen LogP contribution in [0.2, 0.25) is 0 Å². The van der Waals surface area contributed by atoms with Crippen LogP contribution in [0.15, 0.2) is 79.0 Å². The first kappa shape index (κ1) is 19.4. The summed E-state index contributed by atoms with van der Waals surface area (Å²) in [6.45, 7) is 4.50. The maximum atomic E-state index is 13.9. The summed E-state index contributed by atoms with van der Waals surface area (Å²) in [5, 5.41) is 2.67. The first-order valence-corrected chi connectivity index (χ1v) is 11.0. The molecule has 0 radical (unpaired) electrons. The average Bonchev–Trinajstić information content (AvgIpc) is 3.26. The highest BCUT2D eigenvalue weighted by Crippen LogP contribution is 2.35. The van der Waals surface area contributed by atoms with E-state index in [0.29, 0.717) is 17.2 Å². The van der Waals surface area contributed by atoms with Crippen LogP contribution in [-0.2, 0) is 6.54 Å². The minimum Gasteiger partial charge on any atom is -0.278 e. The molecule has 0 fully saturated rings. The summed E-state index contributed by atoms with van der Waals surface area (Å²) in [4.78, 5) is 25.0. The Balaban J connectivity index is 1.67. The zero-order valence-corrected chi connectivity index (χ0v) is 18.2. The molecule has 0 saturated heterocycles. The number of fused-ring (bicyclic) bond motifs is 2. The SMILES string of the molecule is Cc1ccc(C)c2sc(N(Cc3ccccn3)C(=O)c3cccc4ccccc34)nc12. The molecule has 2 heterocycles. The topological polar surface area (TPSA) is 46.1 Å². The molecule has 0 aliphatic carbocycles. The van der Waals surface area contributed by atoms with Gasteiger partial charge in [-0.2, -0.15) is 0 Å². The minimum atomic E-state index is -0.0724. The smallest absolute Gasteiger partial charge is 0.261 e. The molecule has 5 heteroatoms. The second-order valence-corrected chi connectivity index (χ2v) is 8.59. The number of hydrogen-bond donors (Lipinski definition) is 0. The number of nitrogens with zero attached hydrogens (tertiary/aromatic N) is 3. The zero-order valence-electron chi connectivity index (χ0n) is 17.4. The van der Waals surface area contributed by atoms with Gasteiger partial charge in [0.15, 0.2) is 5.13 Å². The lowest BCUT2D eigenvalue weighted by Gasteiger charge is -2.20. The first-order chi connectivity index (χ1) is 15.1. The van der Waals surface area contributed by atoms with Crippen LogP contribution in [0, 0.1) is 13.8 Å². The van der Waals surface area contributed by atoms with Crippen molar-refractivity contribution in [1.82, 2.24) is 9.97 Å². The monoisotopic (exact) mass is 423 g/mol. The molecular weight excluding hydrogens is 402 g/mol. The number of aryl methyl sites for hydroxylation is 2. The molecule has 0 bridgehead atoms. The maximum absolute atomic E-state index is 13.9. The maximum Gasteiger partial charge on any atom is 0.261 e. The van der Waals surface area contributed by atoms with E-state index in [2.05, 4.69) is 31.0 Å². The van der Waals surface area contributed by atoms with E-state index >= 15 is 0 Å². The van der Waals surface area contributed by atoms with Crippen LogP contribution in [0.3, 0.4) is 0 Å². The molecule has 0 atom stereocenters. The number of thiazole rings is 1. The summed E-state index contributed by atoms with van der Waals surface area (Å²) in [5.41, 5.74) is 4.72. The second-order valence-electron chi connectivity index (χ2n) is 7.61. The van der Waals surface area contributed by atoms with Gasteiger partial charge < -0.3 is 0 Å². The Kier molecular flexibility index (Phi) is 4.96. The molecule has 2 aromatic heterocycles. The third-order valence-corrected chi connectivity index (χ3v) is 6.69. The molecule has 3 aromatic carbocycles. The zero-order chi connectivity index (χ0) is 21.4. The van der Waals surface area contributed by atoms with Crippen molar-refractivity contribution in [2.24, 2.45) is 0 Å². The number of aromatic nitrogens is 2. The molecule has 0 saturated carbocycles. The van der Waals surface area contributed by atoms with Crippen LogP contribution >= 0.6 is 11.3 Å². The van der Waals surface area contributed by atoms with Gasteiger partial charge in [-0.25, -0.2) is 4.98 Å². The lowest BCUT2D eigenvalue weighted by molar-refractivity contribution is 0.0986. The Morgan fingerprint density at radius 1 is 0.903 bits per heavy atom. The van der Waals surface area contributed by atoms with Crippen molar-refractivity contribution in [3.05, 3.63) is 101 Å². The van der Waals surface area contributed by atoms with Crippen LogP contribution in [0.5, 0.6) is 0 Å². The van der Waals surface area contributed by atoms with Gasteiger partial charge in [-0.3, -0.25) is 14.7 Å². The van der Waals surface area contributed by atoms with E-state index in [1.807, 2.05) is 60.7 Å². The summed E-state index contributed by atoms with van der Waals surface area (Å²) in [7, 11) is 0. The van der Waals surface area contributed by atoms with Gasteiger partial charge in [0.05, 0.1) is 22.5 Å². The molecule has 0 aliphatic rings. The quantitative estimate of drug-likeness (QED) is 0.340. The van der Waals surface area contributed by atoms with E-state index in [1.165, 1.54) is 5.56 Å². The predicted molar refractivity (Wildman–Crippen MR) is 128 cm³/mol. The second kappa shape index (κ2) is 7.93. The highest BCUT2D eigenvalue weighted by molar-refractivity contribution is 7.22. The molecule has 0 spiro atoms. The van der Waals surface area contributed by atoms with Gasteiger partial charge in [-0.05, 0) is 53.9 Å². The number of rotatable bonds is 4. The largest absolute Gasteiger partial charge is 0.278 e. The summed E-state index contributed by atoms with van der Waals surface area (Å²) >= 11 is 1.56. The van der Waals surface area contributed by atoms with Gasteiger partial charge >= 0.3 is 0 Å². The number of carbonyl (C=O) groups is 1. The van der Waals surface area contributed by atoms with Crippen molar-refractivity contribution in [3.8, 4) is 0 Å². The van der Waals surface area contributed by atoms with E-state index in [0.717, 1.165) is 32.2 Å². The normalized spacial score (nSPS) is 11.2. The van der Waals surface area contributed by atoms with Crippen molar-refractivity contribution in [1.29, 1.82) is 0 Å². The molecule has 0 N–H and O–H groups in total. The molecule has 152 valence electrons. The molecule has 0 aliphatic heterocycles. The first-order valence-electron chi connectivity index (χ1n) is 10.2. The van der Waals surface area contributed by atoms with E-state index in [9.17, 15) is 4.79 Å². The number of hydrogen-bond acceptors (Lipinski definition) is 4. The molecule has 1 amide bonds. The molecule has 5 aromatic rings. The number of amides is 1. The van der Waals surface area contributed by atoms with Gasteiger partial charge in [-0.1, -0.05) is 65.9 Å². The van der Waals surface area contributed by atoms with Crippen molar-refractivity contribution >= 4 is 43.4 Å². The van der Waals surface area contributed by atoms with Crippen molar-refractivity contribution in [2.75, 3.05) is 4.90 Å². The fraction of sp³-hybridized carbons (Fsp3) is 0.115. The standard InChI is InChI=1S/C26H21N3OS/c1-17-13-14-18(2)24-23(17)28-26(31-24)29(16-20-10-5-6-15-27-20)25(30)22-12-7-9-19-8-3-4-11-21(19)22/h3-15H,16H2,1-2H3. The van der Waals surface area contributed by atoms with Gasteiger partial charge in [0.1, 0.15) is 0 Å². The van der Waals surface area contributed by atoms with Crippen molar-refractivity contribution < 1.29 is 4.79 Å². The summed E-state index contributed by atoms with van der Waals surface area (Å²) in [6.07, 6.45) is 1.75. The number of pyridine rings is 1. The highest BCUT2D eigenvalue weighted by atomic mass is 32.1. The van der Waals surface area contributed by atoms with Crippen LogP contribution in [0.25, 0.3) is 21.0 Å². The van der Waals surface area contributed by atoms with Crippen molar-refractivity contribution in [2.45, 2.75) is 20.4 Å². The van der Waals surface area contributed by atoms with Crippen LogP contribution < -0.4 is 4.90 Å². The third kappa shape index (κ3) is 3.57. The van der Waals surface area contributed by atoms with E-state index in [1.54, 1.807) is 22.4 Å². The Labute approximate surface area is 184 Å². The predicted octanol–water partition coefficient (Wildman–Crippen LogP) is 6.31. The van der Waals surface area contributed by atoms with Crippen molar-refractivity contribution in [3.63, 3.8) is 0 Å². The van der Waals surface area contributed by atoms with Gasteiger partial charge in [0.2, 0.25) is 0 Å². The fourth-order valence-electron chi connectivity index (χ4n) is 3.80. The Morgan fingerprint density at radius 2 is 1.68 bits per heavy atom. The summed E-state index contributed by atoms with van der Waals surface area (Å²) in [5.74, 6) is -0.0724. The lowest BCUT2D eigenvalue weighted by Crippen LogP contribution is -2.30. The van der Waals surface area contributed by atoms with Crippen LogP contribution in [0.1, 0.15) is 27.2 Å². The number of benzene rings is 3. The van der Waals surface area contributed by atoms with Gasteiger partial charge in [0, 0.05) is 11.8 Å². The summed E-state index contributed by atoms with van der Waals surface area (Å²) < 4.78 is 1.12. The third-order valence-electron chi connectivity index (χ3n) is 5.47. The number of anilines is 1. The van der Waals surface area contributed by atoms with E-state index in [-0.39, 0.29) is 5.91 Å². The molecular formula is C26H21N3OS. The van der Waals surface area contributed by atoms with Crippen LogP contribution in [0.4, 0.5) is 5.13 Å².